The van der Waals surface area contributed by atoms with E-state index in [0.717, 1.165) is 0 Å². The molecule has 2 radical (unpaired) electrons. The van der Waals surface area contributed by atoms with Crippen molar-refractivity contribution >= 4 is 37.4 Å². The first-order chi connectivity index (χ1) is 2.00. The van der Waals surface area contributed by atoms with E-state index in [4.69, 9.17) is 19.2 Å². The molecule has 54 valence electrons. The number of rotatable bonds is 0. The second kappa shape index (κ2) is 12.2. The van der Waals surface area contributed by atoms with E-state index in [2.05, 4.69) is 0 Å². The Bertz CT molecular complexity index is 59.2. The Morgan fingerprint density at radius 2 is 1.00 bits per heavy atom. The van der Waals surface area contributed by atoms with E-state index in [0.29, 0.717) is 0 Å². The molecule has 0 aromatic heterocycles. The fourth-order valence-corrected chi connectivity index (χ4v) is 0. The van der Waals surface area contributed by atoms with Crippen LogP contribution >= 0.6 is 7.82 Å². The van der Waals surface area contributed by atoms with E-state index in [-0.39, 0.29) is 57.6 Å². The predicted molar refractivity (Wildman–Crippen MR) is 20.6 cm³/mol. The quantitative estimate of drug-likeness (QED) is 0.290. The monoisotopic (exact) mass is 210 g/mol. The van der Waals surface area contributed by atoms with E-state index in [9.17, 15) is 0 Å². The van der Waals surface area contributed by atoms with Gasteiger partial charge in [-0.3, -0.25) is 0 Å². The maximum atomic E-state index is 8.55. The molecule has 0 atom stereocenters. The van der Waals surface area contributed by atoms with E-state index in [1.165, 1.54) is 0 Å². The molecule has 0 fully saturated rings. The molecule has 0 saturated heterocycles. The molecule has 0 saturated carbocycles. The second-order valence-electron chi connectivity index (χ2n) is 0.447. The van der Waals surface area contributed by atoms with Crippen molar-refractivity contribution in [3.05, 3.63) is 0 Å². The zero-order valence-corrected chi connectivity index (χ0v) is 8.43. The summed E-state index contributed by atoms with van der Waals surface area (Å²) in [5.74, 6) is 0. The Morgan fingerprint density at radius 1 is 1.00 bits per heavy atom. The van der Waals surface area contributed by atoms with Crippen LogP contribution in [-0.2, 0) is 21.6 Å². The van der Waals surface area contributed by atoms with Gasteiger partial charge in [-0.05, 0) is 0 Å². The summed E-state index contributed by atoms with van der Waals surface area (Å²) in [5.41, 5.74) is 0. The zero-order valence-electron chi connectivity index (χ0n) is 4.43. The predicted octanol–water partition coefficient (Wildman–Crippen LogP) is -4.86. The fourth-order valence-electron chi connectivity index (χ4n) is 0. The average Bonchev–Trinajstić information content (AvgIpc) is 0.722. The van der Waals surface area contributed by atoms with Crippen molar-refractivity contribution in [2.24, 2.45) is 0 Å². The van der Waals surface area contributed by atoms with Gasteiger partial charge >= 0.3 is 17.1 Å². The SMILES string of the molecule is O.O.O=P([O-])([O-])[O-].[Fe+3].[Na]. The molecule has 0 aromatic carbocycles. The molecular formula is H4FeNaO6P. The van der Waals surface area contributed by atoms with E-state index < -0.39 is 7.82 Å². The van der Waals surface area contributed by atoms with Gasteiger partial charge in [0.2, 0.25) is 0 Å². The molecule has 0 aromatic rings. The molecule has 9 heteroatoms. The summed E-state index contributed by atoms with van der Waals surface area (Å²) in [7, 11) is -5.39. The van der Waals surface area contributed by atoms with E-state index in [1.807, 2.05) is 0 Å². The normalized spacial score (nSPS) is 6.56. The topological polar surface area (TPSA) is 149 Å². The van der Waals surface area contributed by atoms with Gasteiger partial charge in [0.25, 0.3) is 0 Å². The Morgan fingerprint density at radius 3 is 1.00 bits per heavy atom. The van der Waals surface area contributed by atoms with Crippen LogP contribution in [0.4, 0.5) is 0 Å². The van der Waals surface area contributed by atoms with Gasteiger partial charge < -0.3 is 30.2 Å². The Labute approximate surface area is 84.3 Å². The summed E-state index contributed by atoms with van der Waals surface area (Å²) in [6, 6.07) is 0. The third kappa shape index (κ3) is 227. The first-order valence-corrected chi connectivity index (χ1v) is 2.19. The molecule has 0 aliphatic heterocycles. The van der Waals surface area contributed by atoms with Crippen LogP contribution in [0.1, 0.15) is 0 Å². The Hall–Kier alpha value is 1.55. The van der Waals surface area contributed by atoms with Gasteiger partial charge in [0, 0.05) is 29.6 Å². The zero-order chi connectivity index (χ0) is 4.50. The smallest absolute Gasteiger partial charge is 0.822 e. The Kier molecular flexibility index (Phi) is 42.5. The molecule has 0 rings (SSSR count). The number of phosphoric acid groups is 1. The van der Waals surface area contributed by atoms with Crippen LogP contribution in [-0.4, -0.2) is 40.5 Å². The molecule has 0 aliphatic rings. The number of hydrogen-bond acceptors (Lipinski definition) is 4. The summed E-state index contributed by atoms with van der Waals surface area (Å²) < 4.78 is 8.55. The van der Waals surface area contributed by atoms with Crippen LogP contribution in [0.5, 0.6) is 0 Å². The fraction of sp³-hybridized carbons (Fsp3) is 0. The third-order valence-electron chi connectivity index (χ3n) is 0. The van der Waals surface area contributed by atoms with Crippen molar-refractivity contribution in [3.8, 4) is 0 Å². The molecule has 0 bridgehead atoms. The minimum absolute atomic E-state index is 0. The molecule has 0 heterocycles. The van der Waals surface area contributed by atoms with Crippen LogP contribution < -0.4 is 14.7 Å². The first kappa shape index (κ1) is 31.2. The van der Waals surface area contributed by atoms with Crippen molar-refractivity contribution in [2.75, 3.05) is 0 Å². The summed E-state index contributed by atoms with van der Waals surface area (Å²) >= 11 is 0. The van der Waals surface area contributed by atoms with Crippen molar-refractivity contribution in [1.29, 1.82) is 0 Å². The van der Waals surface area contributed by atoms with Gasteiger partial charge in [0.15, 0.2) is 0 Å². The van der Waals surface area contributed by atoms with Crippen molar-refractivity contribution in [3.63, 3.8) is 0 Å². The molecule has 9 heavy (non-hydrogen) atoms. The molecule has 0 aliphatic carbocycles. The largest absolute Gasteiger partial charge is 3.00 e. The average molecular weight is 210 g/mol. The van der Waals surface area contributed by atoms with Crippen LogP contribution in [0.25, 0.3) is 0 Å². The van der Waals surface area contributed by atoms with Gasteiger partial charge in [0.05, 0.1) is 0 Å². The summed E-state index contributed by atoms with van der Waals surface area (Å²) in [5, 5.41) is 0. The molecule has 4 N–H and O–H groups in total. The summed E-state index contributed by atoms with van der Waals surface area (Å²) in [6.07, 6.45) is 0. The maximum absolute atomic E-state index is 8.55. The van der Waals surface area contributed by atoms with Gasteiger partial charge in [-0.15, -0.1) is 0 Å². The van der Waals surface area contributed by atoms with Crippen molar-refractivity contribution in [1.82, 2.24) is 0 Å². The van der Waals surface area contributed by atoms with Gasteiger partial charge in [0.1, 0.15) is 0 Å². The van der Waals surface area contributed by atoms with Crippen LogP contribution in [0.15, 0.2) is 0 Å². The van der Waals surface area contributed by atoms with Crippen LogP contribution in [0, 0.1) is 0 Å². The first-order valence-electron chi connectivity index (χ1n) is 0.730. The molecule has 0 unspecified atom stereocenters. The second-order valence-corrected chi connectivity index (χ2v) is 1.34. The minimum atomic E-state index is -5.39. The van der Waals surface area contributed by atoms with E-state index in [1.54, 1.807) is 0 Å². The molecule has 0 spiro atoms. The Balaban J connectivity index is -0.0000000133. The molecule has 6 nitrogen and oxygen atoms in total. The van der Waals surface area contributed by atoms with Crippen LogP contribution in [0.2, 0.25) is 0 Å². The van der Waals surface area contributed by atoms with Crippen LogP contribution in [0.3, 0.4) is 0 Å². The minimum Gasteiger partial charge on any atom is -0.822 e. The summed E-state index contributed by atoms with van der Waals surface area (Å²) in [6.45, 7) is 0. The van der Waals surface area contributed by atoms with Gasteiger partial charge in [-0.25, -0.2) is 0 Å². The van der Waals surface area contributed by atoms with Gasteiger partial charge in [-0.2, -0.15) is 7.82 Å². The van der Waals surface area contributed by atoms with E-state index >= 15 is 0 Å². The molecule has 0 amide bonds. The van der Waals surface area contributed by atoms with Gasteiger partial charge in [-0.1, -0.05) is 0 Å². The standard InChI is InChI=1S/Fe.Na.H3O4P.2H2O/c;;1-5(2,3)4;;/h;;(H3,1,2,3,4);2*1H2/q+3;;;;/p-3. The van der Waals surface area contributed by atoms with Crippen molar-refractivity contribution in [2.45, 2.75) is 0 Å². The number of hydrogen-bond donors (Lipinski definition) is 0. The summed E-state index contributed by atoms with van der Waals surface area (Å²) in [4.78, 5) is 25.6. The third-order valence-corrected chi connectivity index (χ3v) is 0. The maximum Gasteiger partial charge on any atom is 3.00 e. The van der Waals surface area contributed by atoms with Crippen molar-refractivity contribution < 1.29 is 47.3 Å². The molecular weight excluding hydrogens is 206 g/mol.